The van der Waals surface area contributed by atoms with Crippen molar-refractivity contribution in [2.45, 2.75) is 12.7 Å². The number of anilines is 1. The van der Waals surface area contributed by atoms with Crippen molar-refractivity contribution in [1.82, 2.24) is 15.6 Å². The first-order valence-corrected chi connectivity index (χ1v) is 11.5. The number of aromatic nitrogens is 1. The van der Waals surface area contributed by atoms with Crippen molar-refractivity contribution in [2.75, 3.05) is 26.1 Å². The van der Waals surface area contributed by atoms with Gasteiger partial charge in [-0.3, -0.25) is 9.78 Å². The Balaban J connectivity index is 1.67. The molecule has 0 saturated carbocycles. The number of carbonyl (C=O) groups excluding carboxylic acids is 3. The maximum absolute atomic E-state index is 13.6. The summed E-state index contributed by atoms with van der Waals surface area (Å²) in [7, 11) is 2.56. The molecule has 0 aliphatic heterocycles. The predicted octanol–water partition coefficient (Wildman–Crippen LogP) is 4.78. The van der Waals surface area contributed by atoms with Gasteiger partial charge in [-0.2, -0.15) is 13.2 Å². The number of ether oxygens (including phenoxy) is 3. The quantitative estimate of drug-likeness (QED) is 0.318. The second kappa shape index (κ2) is 12.8. The molecule has 0 atom stereocenters. The van der Waals surface area contributed by atoms with Gasteiger partial charge < -0.3 is 30.2 Å². The summed E-state index contributed by atoms with van der Waals surface area (Å²) in [6, 6.07) is 10.2. The van der Waals surface area contributed by atoms with Crippen LogP contribution >= 0.6 is 11.6 Å². The van der Waals surface area contributed by atoms with Crippen molar-refractivity contribution in [1.29, 1.82) is 0 Å². The van der Waals surface area contributed by atoms with E-state index in [2.05, 4.69) is 25.7 Å². The van der Waals surface area contributed by atoms with Crippen LogP contribution in [0.5, 0.6) is 17.2 Å². The highest BCUT2D eigenvalue weighted by atomic mass is 35.5. The maximum Gasteiger partial charge on any atom is 0.418 e. The number of alkyl halides is 3. The molecular weight excluding hydrogens is 545 g/mol. The average Bonchev–Trinajstić information content (AvgIpc) is 2.91. The van der Waals surface area contributed by atoms with E-state index in [9.17, 15) is 27.6 Å². The number of halogens is 4. The average molecular weight is 567 g/mol. The predicted molar refractivity (Wildman–Crippen MR) is 134 cm³/mol. The molecule has 3 amide bonds. The molecule has 0 bridgehead atoms. The first-order valence-electron chi connectivity index (χ1n) is 11.1. The smallest absolute Gasteiger partial charge is 0.418 e. The van der Waals surface area contributed by atoms with Crippen LogP contribution in [0, 0.1) is 0 Å². The van der Waals surface area contributed by atoms with Gasteiger partial charge in [0.1, 0.15) is 22.9 Å². The lowest BCUT2D eigenvalue weighted by molar-refractivity contribution is -0.142. The minimum atomic E-state index is -4.89. The largest absolute Gasteiger partial charge is 0.480 e. The molecule has 1 heterocycles. The number of carbonyl (C=O) groups is 3. The highest BCUT2D eigenvalue weighted by Crippen LogP contribution is 2.42. The lowest BCUT2D eigenvalue weighted by Gasteiger charge is -2.19. The third kappa shape index (κ3) is 8.23. The summed E-state index contributed by atoms with van der Waals surface area (Å²) in [5.41, 5.74) is -1.20. The van der Waals surface area contributed by atoms with E-state index in [0.29, 0.717) is 23.1 Å². The Morgan fingerprint density at radius 3 is 2.38 bits per heavy atom. The van der Waals surface area contributed by atoms with Crippen molar-refractivity contribution in [3.8, 4) is 17.2 Å². The lowest BCUT2D eigenvalue weighted by Crippen LogP contribution is -2.29. The molecule has 0 fully saturated rings. The summed E-state index contributed by atoms with van der Waals surface area (Å²) in [6.45, 7) is -0.749. The fourth-order valence-corrected chi connectivity index (χ4v) is 3.33. The molecule has 14 heteroatoms. The molecule has 0 aliphatic rings. The summed E-state index contributed by atoms with van der Waals surface area (Å²) in [5, 5.41) is 6.72. The third-order valence-corrected chi connectivity index (χ3v) is 5.21. The van der Waals surface area contributed by atoms with Gasteiger partial charge in [0.05, 0.1) is 18.4 Å². The molecule has 3 aromatic rings. The number of urea groups is 1. The molecule has 10 nitrogen and oxygen atoms in total. The number of benzene rings is 2. The molecule has 0 unspecified atom stereocenters. The zero-order valence-electron chi connectivity index (χ0n) is 20.5. The Morgan fingerprint density at radius 1 is 1.03 bits per heavy atom. The number of methoxy groups -OCH3 is 1. The zero-order chi connectivity index (χ0) is 28.6. The van der Waals surface area contributed by atoms with Crippen LogP contribution in [0.15, 0.2) is 54.7 Å². The van der Waals surface area contributed by atoms with Gasteiger partial charge in [0.25, 0.3) is 5.91 Å². The number of hydrogen-bond acceptors (Lipinski definition) is 7. The molecule has 39 heavy (non-hydrogen) atoms. The van der Waals surface area contributed by atoms with Crippen LogP contribution in [0.4, 0.5) is 23.7 Å². The highest BCUT2D eigenvalue weighted by Gasteiger charge is 2.36. The van der Waals surface area contributed by atoms with E-state index in [0.717, 1.165) is 13.2 Å². The minimum absolute atomic E-state index is 0.0461. The molecular formula is C25H22ClF3N4O6. The van der Waals surface area contributed by atoms with Crippen LogP contribution in [-0.4, -0.2) is 43.7 Å². The fraction of sp³-hybridized carbons (Fsp3) is 0.200. The number of rotatable bonds is 9. The van der Waals surface area contributed by atoms with Crippen molar-refractivity contribution in [3.05, 3.63) is 76.6 Å². The van der Waals surface area contributed by atoms with Gasteiger partial charge in [0.15, 0.2) is 6.61 Å². The van der Waals surface area contributed by atoms with Crippen LogP contribution in [0.1, 0.15) is 21.6 Å². The van der Waals surface area contributed by atoms with Gasteiger partial charge in [-0.15, -0.1) is 0 Å². The second-order valence-corrected chi connectivity index (χ2v) is 8.14. The number of hydrogen-bond donors (Lipinski definition) is 3. The fourth-order valence-electron chi connectivity index (χ4n) is 3.12. The Kier molecular flexibility index (Phi) is 9.55. The summed E-state index contributed by atoms with van der Waals surface area (Å²) >= 11 is 5.79. The van der Waals surface area contributed by atoms with Crippen LogP contribution in [0.2, 0.25) is 5.02 Å². The van der Waals surface area contributed by atoms with Gasteiger partial charge in [-0.25, -0.2) is 9.59 Å². The summed E-state index contributed by atoms with van der Waals surface area (Å²) in [4.78, 5) is 39.6. The van der Waals surface area contributed by atoms with E-state index < -0.39 is 41.8 Å². The van der Waals surface area contributed by atoms with Crippen molar-refractivity contribution in [3.63, 3.8) is 0 Å². The van der Waals surface area contributed by atoms with E-state index >= 15 is 0 Å². The standard InChI is InChI=1S/C25H22ClF3N4O6/c1-30-23(35)19-11-17(7-8-31-19)39-16-5-3-14(4-6-16)12-32-24(36)33-22-18(25(27,28)29)9-15(26)10-20(22)38-13-21(34)37-2/h3-11H,12-13H2,1-2H3,(H,30,35)(H2,32,33,36). The molecule has 1 aromatic heterocycles. The van der Waals surface area contributed by atoms with Crippen molar-refractivity contribution in [2.24, 2.45) is 0 Å². The second-order valence-electron chi connectivity index (χ2n) is 7.70. The molecule has 0 saturated heterocycles. The first kappa shape index (κ1) is 29.0. The van der Waals surface area contributed by atoms with E-state index in [1.807, 2.05) is 0 Å². The number of esters is 1. The Bertz CT molecular complexity index is 1350. The van der Waals surface area contributed by atoms with Gasteiger partial charge >= 0.3 is 18.2 Å². The first-order chi connectivity index (χ1) is 18.5. The monoisotopic (exact) mass is 566 g/mol. The van der Waals surface area contributed by atoms with E-state index in [1.54, 1.807) is 30.3 Å². The molecule has 3 rings (SSSR count). The van der Waals surface area contributed by atoms with Gasteiger partial charge in [0, 0.05) is 36.9 Å². The summed E-state index contributed by atoms with van der Waals surface area (Å²) < 4.78 is 56.2. The van der Waals surface area contributed by atoms with Crippen LogP contribution < -0.4 is 25.4 Å². The zero-order valence-corrected chi connectivity index (χ0v) is 21.3. The number of pyridine rings is 1. The van der Waals surface area contributed by atoms with E-state index in [4.69, 9.17) is 21.1 Å². The topological polar surface area (TPSA) is 128 Å². The highest BCUT2D eigenvalue weighted by molar-refractivity contribution is 6.31. The Morgan fingerprint density at radius 2 is 1.74 bits per heavy atom. The minimum Gasteiger partial charge on any atom is -0.480 e. The molecule has 206 valence electrons. The van der Waals surface area contributed by atoms with Crippen LogP contribution in [0.25, 0.3) is 0 Å². The Hall–Kier alpha value is -4.52. The van der Waals surface area contributed by atoms with E-state index in [-0.39, 0.29) is 23.2 Å². The lowest BCUT2D eigenvalue weighted by atomic mass is 10.1. The maximum atomic E-state index is 13.6. The van der Waals surface area contributed by atoms with Gasteiger partial charge in [0.2, 0.25) is 0 Å². The number of nitrogens with one attached hydrogen (secondary N) is 3. The van der Waals surface area contributed by atoms with Crippen molar-refractivity contribution >= 4 is 35.2 Å². The molecule has 3 N–H and O–H groups in total. The van der Waals surface area contributed by atoms with Crippen LogP contribution in [0.3, 0.4) is 0 Å². The molecule has 0 radical (unpaired) electrons. The molecule has 0 spiro atoms. The molecule has 2 aromatic carbocycles. The normalized spacial score (nSPS) is 10.8. The SMILES string of the molecule is CNC(=O)c1cc(Oc2ccc(CNC(=O)Nc3c(OCC(=O)OC)cc(Cl)cc3C(F)(F)F)cc2)ccn1. The van der Waals surface area contributed by atoms with Gasteiger partial charge in [-0.05, 0) is 29.8 Å². The van der Waals surface area contributed by atoms with E-state index in [1.165, 1.54) is 19.3 Å². The third-order valence-electron chi connectivity index (χ3n) is 4.99. The summed E-state index contributed by atoms with van der Waals surface area (Å²) in [6.07, 6.45) is -3.46. The number of amides is 3. The van der Waals surface area contributed by atoms with Crippen LogP contribution in [-0.2, 0) is 22.3 Å². The molecule has 0 aliphatic carbocycles. The van der Waals surface area contributed by atoms with Gasteiger partial charge in [-0.1, -0.05) is 23.7 Å². The number of nitrogens with zero attached hydrogens (tertiary/aromatic N) is 1. The van der Waals surface area contributed by atoms with Crippen molar-refractivity contribution < 1.29 is 41.8 Å². The Labute approximate surface area is 225 Å². The summed E-state index contributed by atoms with van der Waals surface area (Å²) in [5.74, 6) is -0.874.